The Hall–Kier alpha value is -2.95. The molecule has 0 aliphatic carbocycles. The van der Waals surface area contributed by atoms with Gasteiger partial charge >= 0.3 is 0 Å². The van der Waals surface area contributed by atoms with Gasteiger partial charge in [-0.25, -0.2) is 9.37 Å². The number of aromatic amines is 1. The number of nitrogens with zero attached hydrogens (tertiary/aromatic N) is 5. The smallest absolute Gasteiger partial charge is 0.216 e. The summed E-state index contributed by atoms with van der Waals surface area (Å²) in [4.78, 5) is 12.1. The van der Waals surface area contributed by atoms with E-state index < -0.39 is 0 Å². The molecule has 10 heteroatoms. The molecule has 1 saturated heterocycles. The molecule has 172 valence electrons. The van der Waals surface area contributed by atoms with E-state index >= 15 is 0 Å². The van der Waals surface area contributed by atoms with Gasteiger partial charge in [0, 0.05) is 43.3 Å². The maximum absolute atomic E-state index is 13.6. The second kappa shape index (κ2) is 9.90. The molecule has 1 aliphatic heterocycles. The Labute approximate surface area is 195 Å². The summed E-state index contributed by atoms with van der Waals surface area (Å²) in [5.74, 6) is 2.64. The summed E-state index contributed by atoms with van der Waals surface area (Å²) < 4.78 is 21.0. The Bertz CT molecular complexity index is 1200. The number of fused-ring (bicyclic) bond motifs is 1. The highest BCUT2D eigenvalue weighted by Gasteiger charge is 2.21. The number of anilines is 2. The predicted molar refractivity (Wildman–Crippen MR) is 128 cm³/mol. The van der Waals surface area contributed by atoms with Crippen molar-refractivity contribution in [1.29, 1.82) is 0 Å². The van der Waals surface area contributed by atoms with Crippen LogP contribution in [0.2, 0.25) is 0 Å². The number of aromatic nitrogens is 5. The van der Waals surface area contributed by atoms with Crippen molar-refractivity contribution in [2.75, 3.05) is 43.9 Å². The number of nitrogens with one attached hydrogen (secondary N) is 2. The maximum Gasteiger partial charge on any atom is 0.216 e. The fourth-order valence-electron chi connectivity index (χ4n) is 3.83. The van der Waals surface area contributed by atoms with Crippen molar-refractivity contribution < 1.29 is 9.13 Å². The number of hydrogen-bond acceptors (Lipinski definition) is 7. The lowest BCUT2D eigenvalue weighted by atomic mass is 10.1. The van der Waals surface area contributed by atoms with Crippen molar-refractivity contribution in [3.05, 3.63) is 71.6 Å². The summed E-state index contributed by atoms with van der Waals surface area (Å²) in [7, 11) is 0. The van der Waals surface area contributed by atoms with E-state index in [1.165, 1.54) is 12.1 Å². The van der Waals surface area contributed by atoms with Crippen molar-refractivity contribution in [3.8, 4) is 0 Å². The molecule has 33 heavy (non-hydrogen) atoms. The van der Waals surface area contributed by atoms with E-state index in [1.54, 1.807) is 11.8 Å². The third kappa shape index (κ3) is 5.18. The van der Waals surface area contributed by atoms with Crippen molar-refractivity contribution >= 4 is 29.2 Å². The largest absolute Gasteiger partial charge is 0.379 e. The van der Waals surface area contributed by atoms with E-state index in [9.17, 15) is 4.39 Å². The summed E-state index contributed by atoms with van der Waals surface area (Å²) in [5.41, 5.74) is 2.72. The van der Waals surface area contributed by atoms with Crippen LogP contribution < -0.4 is 5.32 Å². The molecule has 0 spiro atoms. The first kappa shape index (κ1) is 21.9. The minimum absolute atomic E-state index is 0.131. The molecule has 3 aromatic heterocycles. The first-order valence-electron chi connectivity index (χ1n) is 11.0. The maximum atomic E-state index is 13.6. The van der Waals surface area contributed by atoms with Crippen LogP contribution in [-0.2, 0) is 4.74 Å². The zero-order valence-electron chi connectivity index (χ0n) is 18.4. The predicted octanol–water partition coefficient (Wildman–Crippen LogP) is 3.80. The standard InChI is InChI=1S/C23H26FN7OS/c1-16-15-19(29-28-16)25-23-27-22(26-20-3-2-8-31(20)23)21(17-4-6-18(24)7-5-17)33-14-11-30-9-12-32-13-10-30/h2-8,15,21H,9-14H2,1H3,(H2,25,26,27,28,29). The molecule has 1 aliphatic rings. The molecule has 1 fully saturated rings. The molecular formula is C23H26FN7OS. The molecule has 1 unspecified atom stereocenters. The highest BCUT2D eigenvalue weighted by atomic mass is 32.2. The topological polar surface area (TPSA) is 83.4 Å². The van der Waals surface area contributed by atoms with Crippen molar-refractivity contribution in [2.45, 2.75) is 12.2 Å². The molecule has 2 N–H and O–H groups in total. The number of hydrogen-bond donors (Lipinski definition) is 2. The number of aryl methyl sites for hydroxylation is 1. The minimum atomic E-state index is -0.255. The zero-order chi connectivity index (χ0) is 22.6. The SMILES string of the molecule is Cc1cc(Nc2nc(C(SCCN3CCOCC3)c3ccc(F)cc3)nc3cccn23)n[nH]1. The van der Waals surface area contributed by atoms with Crippen LogP contribution >= 0.6 is 11.8 Å². The van der Waals surface area contributed by atoms with Gasteiger partial charge in [-0.3, -0.25) is 14.4 Å². The number of morpholine rings is 1. The van der Waals surface area contributed by atoms with Crippen LogP contribution in [0.15, 0.2) is 48.7 Å². The number of thioether (sulfide) groups is 1. The third-order valence-electron chi connectivity index (χ3n) is 5.55. The van der Waals surface area contributed by atoms with Crippen molar-refractivity contribution in [1.82, 2.24) is 29.5 Å². The van der Waals surface area contributed by atoms with Gasteiger partial charge in [0.25, 0.3) is 0 Å². The lowest BCUT2D eigenvalue weighted by molar-refractivity contribution is 0.0410. The van der Waals surface area contributed by atoms with Crippen molar-refractivity contribution in [2.24, 2.45) is 0 Å². The Morgan fingerprint density at radius 2 is 2.00 bits per heavy atom. The Kier molecular flexibility index (Phi) is 6.56. The van der Waals surface area contributed by atoms with Gasteiger partial charge in [-0.15, -0.1) is 11.8 Å². The molecule has 0 radical (unpaired) electrons. The Morgan fingerprint density at radius 1 is 1.18 bits per heavy atom. The average Bonchev–Trinajstić information content (AvgIpc) is 3.47. The summed E-state index contributed by atoms with van der Waals surface area (Å²) in [6.45, 7) is 6.36. The van der Waals surface area contributed by atoms with E-state index in [2.05, 4.69) is 20.4 Å². The van der Waals surface area contributed by atoms with Crippen LogP contribution in [0.4, 0.5) is 16.2 Å². The molecule has 4 heterocycles. The molecule has 0 bridgehead atoms. The normalized spacial score (nSPS) is 15.7. The fourth-order valence-corrected chi connectivity index (χ4v) is 5.03. The molecule has 0 amide bonds. The van der Waals surface area contributed by atoms with Gasteiger partial charge < -0.3 is 10.1 Å². The van der Waals surface area contributed by atoms with E-state index in [1.807, 2.05) is 47.9 Å². The average molecular weight is 468 g/mol. The second-order valence-electron chi connectivity index (χ2n) is 7.96. The molecule has 1 atom stereocenters. The fraction of sp³-hybridized carbons (Fsp3) is 0.348. The number of benzene rings is 1. The van der Waals surface area contributed by atoms with Gasteiger partial charge in [-0.05, 0) is 36.8 Å². The van der Waals surface area contributed by atoms with Crippen molar-refractivity contribution in [3.63, 3.8) is 0 Å². The quantitative estimate of drug-likeness (QED) is 0.408. The second-order valence-corrected chi connectivity index (χ2v) is 9.17. The van der Waals surface area contributed by atoms with E-state index in [0.29, 0.717) is 17.6 Å². The summed E-state index contributed by atoms with van der Waals surface area (Å²) in [6, 6.07) is 12.4. The van der Waals surface area contributed by atoms with Gasteiger partial charge in [0.15, 0.2) is 11.6 Å². The van der Waals surface area contributed by atoms with Crippen LogP contribution in [0.25, 0.3) is 5.65 Å². The van der Waals surface area contributed by atoms with Gasteiger partial charge in [-0.1, -0.05) is 12.1 Å². The van der Waals surface area contributed by atoms with Gasteiger partial charge in [0.2, 0.25) is 5.95 Å². The van der Waals surface area contributed by atoms with Gasteiger partial charge in [0.1, 0.15) is 11.5 Å². The zero-order valence-corrected chi connectivity index (χ0v) is 19.2. The van der Waals surface area contributed by atoms with E-state index in [0.717, 1.165) is 55.5 Å². The third-order valence-corrected chi connectivity index (χ3v) is 6.79. The highest BCUT2D eigenvalue weighted by molar-refractivity contribution is 7.99. The Morgan fingerprint density at radius 3 is 2.76 bits per heavy atom. The molecule has 8 nitrogen and oxygen atoms in total. The number of H-pyrrole nitrogens is 1. The first-order chi connectivity index (χ1) is 16.2. The molecule has 5 rings (SSSR count). The lowest BCUT2D eigenvalue weighted by Gasteiger charge is -2.27. The molecule has 0 saturated carbocycles. The van der Waals surface area contributed by atoms with Gasteiger partial charge in [-0.2, -0.15) is 10.1 Å². The molecule has 1 aromatic carbocycles. The lowest BCUT2D eigenvalue weighted by Crippen LogP contribution is -2.37. The van der Waals surface area contributed by atoms with Crippen LogP contribution in [-0.4, -0.2) is 68.1 Å². The summed E-state index contributed by atoms with van der Waals surface area (Å²) in [5, 5.41) is 10.4. The van der Waals surface area contributed by atoms with Crippen LogP contribution in [0.5, 0.6) is 0 Å². The molecular weight excluding hydrogens is 441 g/mol. The van der Waals surface area contributed by atoms with Crippen LogP contribution in [0.3, 0.4) is 0 Å². The minimum Gasteiger partial charge on any atom is -0.379 e. The Balaban J connectivity index is 1.45. The van der Waals surface area contributed by atoms with Crippen LogP contribution in [0.1, 0.15) is 22.3 Å². The highest BCUT2D eigenvalue weighted by Crippen LogP contribution is 2.35. The first-order valence-corrected chi connectivity index (χ1v) is 12.0. The van der Waals surface area contributed by atoms with E-state index in [-0.39, 0.29) is 11.1 Å². The summed E-state index contributed by atoms with van der Waals surface area (Å²) >= 11 is 1.77. The monoisotopic (exact) mass is 467 g/mol. The molecule has 4 aromatic rings. The van der Waals surface area contributed by atoms with E-state index in [4.69, 9.17) is 14.7 Å². The van der Waals surface area contributed by atoms with Crippen LogP contribution in [0, 0.1) is 12.7 Å². The van der Waals surface area contributed by atoms with Gasteiger partial charge in [0.05, 0.1) is 18.5 Å². The number of rotatable bonds is 8. The number of halogens is 1. The number of ether oxygens (including phenoxy) is 1. The summed E-state index contributed by atoms with van der Waals surface area (Å²) in [6.07, 6.45) is 1.92.